The van der Waals surface area contributed by atoms with Crippen LogP contribution in [0.3, 0.4) is 0 Å². The molecule has 0 fully saturated rings. The highest BCUT2D eigenvalue weighted by Crippen LogP contribution is 2.06. The number of benzene rings is 2. The number of aliphatic carboxylic acids is 1. The van der Waals surface area contributed by atoms with Gasteiger partial charge in [-0.1, -0.05) is 37.3 Å². The van der Waals surface area contributed by atoms with Crippen LogP contribution in [0.15, 0.2) is 54.6 Å². The van der Waals surface area contributed by atoms with Gasteiger partial charge in [-0.15, -0.1) is 0 Å². The third-order valence-electron chi connectivity index (χ3n) is 3.72. The van der Waals surface area contributed by atoms with Gasteiger partial charge in [0, 0.05) is 17.7 Å². The summed E-state index contributed by atoms with van der Waals surface area (Å²) in [5.41, 5.74) is 1.79. The Morgan fingerprint density at radius 3 is 2.08 bits per heavy atom. The van der Waals surface area contributed by atoms with E-state index < -0.39 is 17.9 Å². The maximum Gasteiger partial charge on any atom is 0.326 e. The first-order valence-corrected chi connectivity index (χ1v) is 7.97. The summed E-state index contributed by atoms with van der Waals surface area (Å²) in [6.45, 7) is 2.03. The first kappa shape index (κ1) is 18.2. The molecule has 0 radical (unpaired) electrons. The Labute approximate surface area is 145 Å². The largest absolute Gasteiger partial charge is 0.480 e. The number of rotatable bonds is 7. The zero-order valence-corrected chi connectivity index (χ0v) is 13.9. The summed E-state index contributed by atoms with van der Waals surface area (Å²) in [6, 6.07) is 14.6. The average molecular weight is 340 g/mol. The quantitative estimate of drug-likeness (QED) is 0.720. The van der Waals surface area contributed by atoms with E-state index in [1.165, 1.54) is 0 Å². The summed E-state index contributed by atoms with van der Waals surface area (Å²) in [6.07, 6.45) is 0.310. The maximum atomic E-state index is 12.0. The molecule has 6 nitrogen and oxygen atoms in total. The van der Waals surface area contributed by atoms with Gasteiger partial charge in [0.25, 0.3) is 11.8 Å². The van der Waals surface area contributed by atoms with E-state index in [-0.39, 0.29) is 5.91 Å². The van der Waals surface area contributed by atoms with E-state index in [1.807, 2.05) is 6.07 Å². The predicted octanol–water partition coefficient (Wildman–Crippen LogP) is 2.21. The third kappa shape index (κ3) is 5.17. The fraction of sp³-hybridized carbons (Fsp3) is 0.211. The van der Waals surface area contributed by atoms with Crippen LogP contribution < -0.4 is 10.6 Å². The van der Waals surface area contributed by atoms with Gasteiger partial charge in [0.15, 0.2) is 0 Å². The Balaban J connectivity index is 1.92. The number of amides is 2. The Kier molecular flexibility index (Phi) is 6.28. The molecule has 2 rings (SSSR count). The van der Waals surface area contributed by atoms with Gasteiger partial charge in [-0.25, -0.2) is 4.79 Å². The molecule has 0 aliphatic rings. The normalized spacial score (nSPS) is 11.4. The van der Waals surface area contributed by atoms with Crippen LogP contribution in [0.25, 0.3) is 0 Å². The Hall–Kier alpha value is -3.15. The number of nitrogens with one attached hydrogen (secondary N) is 2. The lowest BCUT2D eigenvalue weighted by molar-refractivity contribution is -0.139. The van der Waals surface area contributed by atoms with Gasteiger partial charge in [0.05, 0.1) is 0 Å². The lowest BCUT2D eigenvalue weighted by atomic mass is 10.1. The lowest BCUT2D eigenvalue weighted by Gasteiger charge is -2.12. The average Bonchev–Trinajstić information content (AvgIpc) is 2.64. The van der Waals surface area contributed by atoms with E-state index in [9.17, 15) is 14.4 Å². The number of carboxylic acid groups (broad SMARTS) is 1. The molecule has 0 bridgehead atoms. The Bertz CT molecular complexity index is 742. The molecule has 130 valence electrons. The maximum absolute atomic E-state index is 12.0. The molecular formula is C19H20N2O4. The molecule has 3 N–H and O–H groups in total. The summed E-state index contributed by atoms with van der Waals surface area (Å²) in [5.74, 6) is -1.67. The van der Waals surface area contributed by atoms with Crippen molar-refractivity contribution in [1.29, 1.82) is 0 Å². The van der Waals surface area contributed by atoms with Gasteiger partial charge in [-0.3, -0.25) is 9.59 Å². The van der Waals surface area contributed by atoms with E-state index in [0.29, 0.717) is 24.1 Å². The van der Waals surface area contributed by atoms with Gasteiger partial charge in [0.1, 0.15) is 6.04 Å². The summed E-state index contributed by atoms with van der Waals surface area (Å²) < 4.78 is 0. The highest BCUT2D eigenvalue weighted by atomic mass is 16.4. The predicted molar refractivity (Wildman–Crippen MR) is 93.2 cm³/mol. The van der Waals surface area contributed by atoms with Crippen LogP contribution in [0, 0.1) is 0 Å². The smallest absolute Gasteiger partial charge is 0.326 e. The molecule has 0 saturated heterocycles. The molecule has 2 aromatic carbocycles. The van der Waals surface area contributed by atoms with Crippen LogP contribution in [-0.2, 0) is 11.3 Å². The molecule has 0 aliphatic carbocycles. The number of hydrogen-bond acceptors (Lipinski definition) is 3. The van der Waals surface area contributed by atoms with Crippen molar-refractivity contribution in [2.45, 2.75) is 25.9 Å². The van der Waals surface area contributed by atoms with Gasteiger partial charge in [0.2, 0.25) is 0 Å². The van der Waals surface area contributed by atoms with Gasteiger partial charge in [-0.05, 0) is 36.2 Å². The molecule has 0 aliphatic heterocycles. The molecule has 0 saturated carbocycles. The molecule has 2 aromatic rings. The van der Waals surface area contributed by atoms with Crippen molar-refractivity contribution in [1.82, 2.24) is 10.6 Å². The second kappa shape index (κ2) is 8.63. The molecule has 25 heavy (non-hydrogen) atoms. The number of carbonyl (C=O) groups excluding carboxylic acids is 2. The fourth-order valence-electron chi connectivity index (χ4n) is 2.23. The van der Waals surface area contributed by atoms with Crippen LogP contribution in [0.1, 0.15) is 39.6 Å². The number of carboxylic acids is 1. The van der Waals surface area contributed by atoms with Crippen LogP contribution in [0.4, 0.5) is 0 Å². The highest BCUT2D eigenvalue weighted by molar-refractivity contribution is 5.96. The molecule has 1 unspecified atom stereocenters. The van der Waals surface area contributed by atoms with Crippen molar-refractivity contribution in [3.63, 3.8) is 0 Å². The first-order chi connectivity index (χ1) is 12.0. The van der Waals surface area contributed by atoms with E-state index in [2.05, 4.69) is 10.6 Å². The minimum Gasteiger partial charge on any atom is -0.480 e. The second-order valence-corrected chi connectivity index (χ2v) is 5.52. The van der Waals surface area contributed by atoms with E-state index >= 15 is 0 Å². The zero-order valence-electron chi connectivity index (χ0n) is 13.9. The second-order valence-electron chi connectivity index (χ2n) is 5.52. The molecule has 0 aromatic heterocycles. The molecule has 2 amide bonds. The van der Waals surface area contributed by atoms with Crippen LogP contribution in [0.5, 0.6) is 0 Å². The third-order valence-corrected chi connectivity index (χ3v) is 3.72. The summed E-state index contributed by atoms with van der Waals surface area (Å²) in [5, 5.41) is 14.2. The van der Waals surface area contributed by atoms with Gasteiger partial charge < -0.3 is 15.7 Å². The fourth-order valence-corrected chi connectivity index (χ4v) is 2.23. The molecule has 0 spiro atoms. The molecule has 0 heterocycles. The van der Waals surface area contributed by atoms with Gasteiger partial charge >= 0.3 is 5.97 Å². The Morgan fingerprint density at radius 2 is 1.52 bits per heavy atom. The minimum absolute atomic E-state index is 0.172. The van der Waals surface area contributed by atoms with E-state index in [4.69, 9.17) is 5.11 Å². The van der Waals surface area contributed by atoms with E-state index in [1.54, 1.807) is 55.5 Å². The van der Waals surface area contributed by atoms with Crippen molar-refractivity contribution in [2.24, 2.45) is 0 Å². The minimum atomic E-state index is -1.06. The monoisotopic (exact) mass is 340 g/mol. The standard InChI is InChI=1S/C19H20N2O4/c1-2-16(19(24)25)21-18(23)15-10-8-13(9-11-15)12-20-17(22)14-6-4-3-5-7-14/h3-11,16H,2,12H2,1H3,(H,20,22)(H,21,23)(H,24,25). The van der Waals surface area contributed by atoms with Crippen LogP contribution in [0.2, 0.25) is 0 Å². The first-order valence-electron chi connectivity index (χ1n) is 7.97. The topological polar surface area (TPSA) is 95.5 Å². The van der Waals surface area contributed by atoms with Gasteiger partial charge in [-0.2, -0.15) is 0 Å². The summed E-state index contributed by atoms with van der Waals surface area (Å²) >= 11 is 0. The van der Waals surface area contributed by atoms with Crippen molar-refractivity contribution >= 4 is 17.8 Å². The molecular weight excluding hydrogens is 320 g/mol. The highest BCUT2D eigenvalue weighted by Gasteiger charge is 2.18. The van der Waals surface area contributed by atoms with Crippen molar-refractivity contribution in [3.05, 3.63) is 71.3 Å². The Morgan fingerprint density at radius 1 is 0.920 bits per heavy atom. The van der Waals surface area contributed by atoms with Crippen molar-refractivity contribution < 1.29 is 19.5 Å². The zero-order chi connectivity index (χ0) is 18.2. The molecule has 6 heteroatoms. The van der Waals surface area contributed by atoms with E-state index in [0.717, 1.165) is 5.56 Å². The number of carbonyl (C=O) groups is 3. The van der Waals surface area contributed by atoms with Crippen LogP contribution in [-0.4, -0.2) is 28.9 Å². The van der Waals surface area contributed by atoms with Crippen molar-refractivity contribution in [2.75, 3.05) is 0 Å². The summed E-state index contributed by atoms with van der Waals surface area (Å²) in [7, 11) is 0. The SMILES string of the molecule is CCC(NC(=O)c1ccc(CNC(=O)c2ccccc2)cc1)C(=O)O. The lowest BCUT2D eigenvalue weighted by Crippen LogP contribution is -2.40. The van der Waals surface area contributed by atoms with Crippen LogP contribution >= 0.6 is 0 Å². The molecule has 1 atom stereocenters. The number of hydrogen-bond donors (Lipinski definition) is 3. The summed E-state index contributed by atoms with van der Waals surface area (Å²) in [4.78, 5) is 35.0. The van der Waals surface area contributed by atoms with Crippen molar-refractivity contribution in [3.8, 4) is 0 Å².